The average Bonchev–Trinajstić information content (AvgIpc) is 2.91. The van der Waals surface area contributed by atoms with Gasteiger partial charge in [-0.05, 0) is 36.5 Å². The van der Waals surface area contributed by atoms with Crippen molar-refractivity contribution in [2.75, 3.05) is 32.7 Å². The Bertz CT molecular complexity index is 753. The van der Waals surface area contributed by atoms with Crippen LogP contribution in [0.1, 0.15) is 32.3 Å². The van der Waals surface area contributed by atoms with Crippen LogP contribution in [0.5, 0.6) is 0 Å². The minimum Gasteiger partial charge on any atom is -0.338 e. The molecular weight excluding hydrogens is 375 g/mol. The first-order valence-electron chi connectivity index (χ1n) is 10.2. The third kappa shape index (κ3) is 5.25. The van der Waals surface area contributed by atoms with Crippen molar-refractivity contribution in [3.05, 3.63) is 35.6 Å². The molecule has 2 fully saturated rings. The number of hydrogen-bond donors (Lipinski definition) is 1. The minimum absolute atomic E-state index is 0.00724. The van der Waals surface area contributed by atoms with Gasteiger partial charge in [0, 0.05) is 26.2 Å². The molecule has 8 heteroatoms. The molecule has 2 aliphatic heterocycles. The summed E-state index contributed by atoms with van der Waals surface area (Å²) in [5.74, 6) is -0.133. The fourth-order valence-corrected chi connectivity index (χ4v) is 3.75. The largest absolute Gasteiger partial charge is 0.338 e. The molecule has 1 unspecified atom stereocenters. The van der Waals surface area contributed by atoms with Crippen LogP contribution in [0.15, 0.2) is 24.3 Å². The normalized spacial score (nSPS) is 20.0. The maximum absolute atomic E-state index is 13.1. The molecule has 2 aliphatic rings. The van der Waals surface area contributed by atoms with Crippen LogP contribution in [0, 0.1) is 11.7 Å². The number of nitrogens with one attached hydrogen (secondary N) is 1. The van der Waals surface area contributed by atoms with Gasteiger partial charge in [0.25, 0.3) is 0 Å². The van der Waals surface area contributed by atoms with Gasteiger partial charge in [-0.25, -0.2) is 9.18 Å². The summed E-state index contributed by atoms with van der Waals surface area (Å²) in [6.45, 7) is 6.20. The average molecular weight is 404 g/mol. The maximum Gasteiger partial charge on any atom is 0.317 e. The molecule has 29 heavy (non-hydrogen) atoms. The van der Waals surface area contributed by atoms with Crippen molar-refractivity contribution < 1.29 is 18.8 Å². The van der Waals surface area contributed by atoms with Crippen molar-refractivity contribution in [1.82, 2.24) is 20.0 Å². The van der Waals surface area contributed by atoms with Gasteiger partial charge in [-0.3, -0.25) is 9.59 Å². The lowest BCUT2D eigenvalue weighted by molar-refractivity contribution is -0.156. The van der Waals surface area contributed by atoms with Crippen molar-refractivity contribution in [3.63, 3.8) is 0 Å². The van der Waals surface area contributed by atoms with E-state index >= 15 is 0 Å². The quantitative estimate of drug-likeness (QED) is 0.814. The van der Waals surface area contributed by atoms with Crippen molar-refractivity contribution in [2.45, 2.75) is 39.3 Å². The molecule has 158 valence electrons. The van der Waals surface area contributed by atoms with Gasteiger partial charge >= 0.3 is 6.03 Å². The number of hydrogen-bond acceptors (Lipinski definition) is 3. The summed E-state index contributed by atoms with van der Waals surface area (Å²) in [7, 11) is 0. The number of rotatable bonds is 5. The summed E-state index contributed by atoms with van der Waals surface area (Å²) < 4.78 is 13.1. The molecule has 4 amide bonds. The molecular formula is C21H29FN4O3. The summed E-state index contributed by atoms with van der Waals surface area (Å²) in [5.41, 5.74) is 0.762. The Labute approximate surface area is 170 Å². The van der Waals surface area contributed by atoms with Gasteiger partial charge in [0.2, 0.25) is 11.8 Å². The molecule has 0 bridgehead atoms. The Kier molecular flexibility index (Phi) is 6.71. The number of halogens is 1. The Hall–Kier alpha value is -2.64. The van der Waals surface area contributed by atoms with E-state index in [0.717, 1.165) is 12.0 Å². The predicted octanol–water partition coefficient (Wildman–Crippen LogP) is 1.83. The zero-order valence-electron chi connectivity index (χ0n) is 17.1. The topological polar surface area (TPSA) is 73.0 Å². The number of fused-ring (bicyclic) bond motifs is 1. The first kappa shape index (κ1) is 21.1. The SMILES string of the molecule is CC(C)CCNC(=O)N1CCCN2C(=O)CN(Cc3ccc(F)cc3)C(=O)C2C1. The van der Waals surface area contributed by atoms with Gasteiger partial charge in [-0.1, -0.05) is 26.0 Å². The van der Waals surface area contributed by atoms with Crippen LogP contribution in [0.4, 0.5) is 9.18 Å². The molecule has 1 aromatic rings. The van der Waals surface area contributed by atoms with Crippen molar-refractivity contribution >= 4 is 17.8 Å². The number of carbonyl (C=O) groups excluding carboxylic acids is 3. The molecule has 0 radical (unpaired) electrons. The van der Waals surface area contributed by atoms with E-state index in [-0.39, 0.29) is 43.3 Å². The molecule has 2 saturated heterocycles. The third-order valence-electron chi connectivity index (χ3n) is 5.41. The van der Waals surface area contributed by atoms with Gasteiger partial charge in [0.1, 0.15) is 18.4 Å². The fraction of sp³-hybridized carbons (Fsp3) is 0.571. The number of nitrogens with zero attached hydrogens (tertiary/aromatic N) is 3. The smallest absolute Gasteiger partial charge is 0.317 e. The monoisotopic (exact) mass is 404 g/mol. The zero-order chi connectivity index (χ0) is 21.0. The number of piperazine rings is 1. The van der Waals surface area contributed by atoms with Crippen molar-refractivity contribution in [1.29, 1.82) is 0 Å². The Morgan fingerprint density at radius 1 is 1.21 bits per heavy atom. The second-order valence-electron chi connectivity index (χ2n) is 8.14. The molecule has 2 heterocycles. The summed E-state index contributed by atoms with van der Waals surface area (Å²) >= 11 is 0. The Balaban J connectivity index is 1.67. The molecule has 1 aromatic carbocycles. The number of carbonyl (C=O) groups is 3. The predicted molar refractivity (Wildman–Crippen MR) is 106 cm³/mol. The highest BCUT2D eigenvalue weighted by molar-refractivity contribution is 5.95. The van der Waals surface area contributed by atoms with Crippen LogP contribution >= 0.6 is 0 Å². The highest BCUT2D eigenvalue weighted by Crippen LogP contribution is 2.20. The van der Waals surface area contributed by atoms with Crippen LogP contribution in [-0.4, -0.2) is 71.3 Å². The molecule has 0 saturated carbocycles. The lowest BCUT2D eigenvalue weighted by Gasteiger charge is -2.40. The van der Waals surface area contributed by atoms with E-state index in [9.17, 15) is 18.8 Å². The minimum atomic E-state index is -0.671. The van der Waals surface area contributed by atoms with Crippen LogP contribution in [-0.2, 0) is 16.1 Å². The van der Waals surface area contributed by atoms with Gasteiger partial charge in [-0.2, -0.15) is 0 Å². The number of urea groups is 1. The van der Waals surface area contributed by atoms with Crippen LogP contribution in [0.3, 0.4) is 0 Å². The maximum atomic E-state index is 13.1. The Morgan fingerprint density at radius 2 is 1.93 bits per heavy atom. The second kappa shape index (κ2) is 9.24. The Morgan fingerprint density at radius 3 is 2.62 bits per heavy atom. The summed E-state index contributed by atoms with van der Waals surface area (Å²) in [6.07, 6.45) is 1.53. The number of benzene rings is 1. The molecule has 0 aliphatic carbocycles. The van der Waals surface area contributed by atoms with E-state index in [1.54, 1.807) is 21.9 Å². The van der Waals surface area contributed by atoms with Crippen molar-refractivity contribution in [2.24, 2.45) is 5.92 Å². The van der Waals surface area contributed by atoms with E-state index in [0.29, 0.717) is 32.0 Å². The van der Waals surface area contributed by atoms with Gasteiger partial charge in [0.15, 0.2) is 0 Å². The molecule has 1 N–H and O–H groups in total. The third-order valence-corrected chi connectivity index (χ3v) is 5.41. The zero-order valence-corrected chi connectivity index (χ0v) is 17.1. The lowest BCUT2D eigenvalue weighted by Crippen LogP contribution is -2.62. The number of amides is 4. The van der Waals surface area contributed by atoms with E-state index in [2.05, 4.69) is 19.2 Å². The second-order valence-corrected chi connectivity index (χ2v) is 8.14. The van der Waals surface area contributed by atoms with Gasteiger partial charge in [-0.15, -0.1) is 0 Å². The summed E-state index contributed by atoms with van der Waals surface area (Å²) in [6, 6.07) is 5.04. The molecule has 1 atom stereocenters. The van der Waals surface area contributed by atoms with Crippen LogP contribution in [0.25, 0.3) is 0 Å². The van der Waals surface area contributed by atoms with E-state index < -0.39 is 6.04 Å². The highest BCUT2D eigenvalue weighted by Gasteiger charge is 2.42. The molecule has 0 spiro atoms. The summed E-state index contributed by atoms with van der Waals surface area (Å²) in [5, 5.41) is 2.91. The first-order valence-corrected chi connectivity index (χ1v) is 10.2. The van der Waals surface area contributed by atoms with Crippen LogP contribution < -0.4 is 5.32 Å². The highest BCUT2D eigenvalue weighted by atomic mass is 19.1. The van der Waals surface area contributed by atoms with Crippen LogP contribution in [0.2, 0.25) is 0 Å². The fourth-order valence-electron chi connectivity index (χ4n) is 3.75. The molecule has 3 rings (SSSR count). The standard InChI is InChI=1S/C21H29FN4O3/c1-15(2)8-9-23-21(29)24-10-3-11-26-18(13-24)20(28)25(14-19(26)27)12-16-4-6-17(22)7-5-16/h4-7,15,18H,3,8-14H2,1-2H3,(H,23,29). The molecule has 7 nitrogen and oxygen atoms in total. The van der Waals surface area contributed by atoms with Crippen molar-refractivity contribution in [3.8, 4) is 0 Å². The van der Waals surface area contributed by atoms with Gasteiger partial charge < -0.3 is 20.0 Å². The van der Waals surface area contributed by atoms with E-state index in [1.165, 1.54) is 17.0 Å². The first-order chi connectivity index (χ1) is 13.8. The van der Waals surface area contributed by atoms with Gasteiger partial charge in [0.05, 0.1) is 6.54 Å². The molecule has 0 aromatic heterocycles. The van der Waals surface area contributed by atoms with E-state index in [4.69, 9.17) is 0 Å². The lowest BCUT2D eigenvalue weighted by atomic mass is 10.1. The summed E-state index contributed by atoms with van der Waals surface area (Å²) in [4.78, 5) is 43.0. The van der Waals surface area contributed by atoms with E-state index in [1.807, 2.05) is 0 Å².